The number of allylic oxidation sites excluding steroid dienone is 1. The van der Waals surface area contributed by atoms with Crippen LogP contribution < -0.4 is 14.8 Å². The predicted molar refractivity (Wildman–Crippen MR) is 120 cm³/mol. The fraction of sp³-hybridized carbons (Fsp3) is 0.304. The van der Waals surface area contributed by atoms with E-state index in [0.717, 1.165) is 22.2 Å². The zero-order chi connectivity index (χ0) is 21.5. The van der Waals surface area contributed by atoms with Crippen LogP contribution in [0.1, 0.15) is 31.0 Å². The van der Waals surface area contributed by atoms with Gasteiger partial charge in [-0.25, -0.2) is 9.79 Å². The van der Waals surface area contributed by atoms with Crippen LogP contribution in [0.5, 0.6) is 11.5 Å². The summed E-state index contributed by atoms with van der Waals surface area (Å²) < 4.78 is 16.1. The molecule has 158 valence electrons. The second-order valence-electron chi connectivity index (χ2n) is 6.61. The van der Waals surface area contributed by atoms with E-state index in [2.05, 4.69) is 17.4 Å². The molecular formula is C23H26N2O4S. The average Bonchev–Trinajstić information content (AvgIpc) is 2.77. The summed E-state index contributed by atoms with van der Waals surface area (Å²) in [6.45, 7) is 3.96. The van der Waals surface area contributed by atoms with Crippen LogP contribution in [0.3, 0.4) is 0 Å². The van der Waals surface area contributed by atoms with Crippen molar-refractivity contribution in [1.82, 2.24) is 5.32 Å². The molecule has 1 heterocycles. The minimum Gasteiger partial charge on any atom is -0.493 e. The third kappa shape index (κ3) is 4.97. The van der Waals surface area contributed by atoms with Gasteiger partial charge in [-0.15, -0.1) is 0 Å². The highest BCUT2D eigenvalue weighted by molar-refractivity contribution is 8.13. The van der Waals surface area contributed by atoms with Gasteiger partial charge in [-0.2, -0.15) is 0 Å². The number of benzene rings is 2. The first-order valence-corrected chi connectivity index (χ1v) is 10.7. The number of thioether (sulfide) groups is 1. The molecule has 3 rings (SSSR count). The Morgan fingerprint density at radius 2 is 1.83 bits per heavy atom. The lowest BCUT2D eigenvalue weighted by molar-refractivity contribution is -0.138. The summed E-state index contributed by atoms with van der Waals surface area (Å²) in [7, 11) is 3.18. The maximum atomic E-state index is 12.7. The van der Waals surface area contributed by atoms with Gasteiger partial charge in [0.1, 0.15) is 6.04 Å². The Balaban J connectivity index is 1.95. The number of hydrogen-bond donors (Lipinski definition) is 1. The standard InChI is InChI=1S/C23H26N2O4S/c1-5-29-22(26)20-15(2)24-23(30-14-16-9-7-6-8-10-16)25-21(20)17-11-12-18(27-3)19(13-17)28-4/h6-13,21H,5,14H2,1-4H3,(H,24,25). The van der Waals surface area contributed by atoms with Crippen LogP contribution in [0.25, 0.3) is 0 Å². The third-order valence-electron chi connectivity index (χ3n) is 4.66. The Hall–Kier alpha value is -2.93. The number of nitrogens with zero attached hydrogens (tertiary/aromatic N) is 1. The zero-order valence-corrected chi connectivity index (χ0v) is 18.4. The largest absolute Gasteiger partial charge is 0.493 e. The molecule has 0 aliphatic carbocycles. The van der Waals surface area contributed by atoms with E-state index in [4.69, 9.17) is 19.2 Å². The predicted octanol–water partition coefficient (Wildman–Crippen LogP) is 4.47. The van der Waals surface area contributed by atoms with Crippen LogP contribution in [0.2, 0.25) is 0 Å². The molecule has 0 bridgehead atoms. The van der Waals surface area contributed by atoms with Gasteiger partial charge in [0.05, 0.1) is 26.4 Å². The van der Waals surface area contributed by atoms with Gasteiger partial charge in [-0.1, -0.05) is 48.2 Å². The van der Waals surface area contributed by atoms with Crippen molar-refractivity contribution in [2.75, 3.05) is 20.8 Å². The quantitative estimate of drug-likeness (QED) is 0.659. The van der Waals surface area contributed by atoms with Crippen molar-refractivity contribution in [2.45, 2.75) is 25.6 Å². The monoisotopic (exact) mass is 426 g/mol. The number of hydrogen-bond acceptors (Lipinski definition) is 7. The summed E-state index contributed by atoms with van der Waals surface area (Å²) in [6, 6.07) is 15.3. The highest BCUT2D eigenvalue weighted by Crippen LogP contribution is 2.37. The van der Waals surface area contributed by atoms with Crippen LogP contribution in [0, 0.1) is 0 Å². The van der Waals surface area contributed by atoms with E-state index in [-0.39, 0.29) is 5.97 Å². The van der Waals surface area contributed by atoms with Crippen molar-refractivity contribution in [3.63, 3.8) is 0 Å². The van der Waals surface area contributed by atoms with Gasteiger partial charge in [-0.05, 0) is 37.1 Å². The molecular weight excluding hydrogens is 400 g/mol. The second-order valence-corrected chi connectivity index (χ2v) is 7.57. The number of amidine groups is 1. The van der Waals surface area contributed by atoms with Crippen LogP contribution in [0.4, 0.5) is 0 Å². The van der Waals surface area contributed by atoms with Crippen molar-refractivity contribution < 1.29 is 19.0 Å². The van der Waals surface area contributed by atoms with Gasteiger partial charge in [-0.3, -0.25) is 0 Å². The maximum absolute atomic E-state index is 12.7. The first kappa shape index (κ1) is 21.8. The van der Waals surface area contributed by atoms with Crippen molar-refractivity contribution in [3.8, 4) is 11.5 Å². The van der Waals surface area contributed by atoms with E-state index in [0.29, 0.717) is 23.7 Å². The SMILES string of the molecule is CCOC(=O)C1=C(C)NC(SCc2ccccc2)=NC1c1ccc(OC)c(OC)c1. The molecule has 0 radical (unpaired) electrons. The van der Waals surface area contributed by atoms with Crippen molar-refractivity contribution in [1.29, 1.82) is 0 Å². The van der Waals surface area contributed by atoms with E-state index >= 15 is 0 Å². The van der Waals surface area contributed by atoms with Crippen molar-refractivity contribution >= 4 is 22.9 Å². The number of methoxy groups -OCH3 is 2. The Morgan fingerprint density at radius 3 is 2.50 bits per heavy atom. The van der Waals surface area contributed by atoms with E-state index < -0.39 is 6.04 Å². The van der Waals surface area contributed by atoms with Gasteiger partial charge in [0.25, 0.3) is 0 Å². The van der Waals surface area contributed by atoms with Gasteiger partial charge < -0.3 is 19.5 Å². The van der Waals surface area contributed by atoms with Crippen LogP contribution >= 0.6 is 11.8 Å². The maximum Gasteiger partial charge on any atom is 0.338 e. The summed E-state index contributed by atoms with van der Waals surface area (Å²) >= 11 is 1.59. The smallest absolute Gasteiger partial charge is 0.338 e. The number of carbonyl (C=O) groups is 1. The van der Waals surface area contributed by atoms with Crippen LogP contribution in [-0.4, -0.2) is 32.0 Å². The molecule has 1 atom stereocenters. The Morgan fingerprint density at radius 1 is 1.10 bits per heavy atom. The molecule has 0 fully saturated rings. The van der Waals surface area contributed by atoms with E-state index in [9.17, 15) is 4.79 Å². The molecule has 6 nitrogen and oxygen atoms in total. The molecule has 0 spiro atoms. The lowest BCUT2D eigenvalue weighted by atomic mass is 9.96. The molecule has 0 saturated heterocycles. The number of aliphatic imine (C=N–C) groups is 1. The highest BCUT2D eigenvalue weighted by atomic mass is 32.2. The Bertz CT molecular complexity index is 957. The lowest BCUT2D eigenvalue weighted by Gasteiger charge is -2.26. The van der Waals surface area contributed by atoms with Gasteiger partial charge in [0.15, 0.2) is 16.7 Å². The fourth-order valence-corrected chi connectivity index (χ4v) is 4.08. The molecule has 0 saturated carbocycles. The van der Waals surface area contributed by atoms with Crippen LogP contribution in [0.15, 0.2) is 64.8 Å². The minimum atomic E-state index is -0.497. The molecule has 1 N–H and O–H groups in total. The molecule has 2 aromatic carbocycles. The normalized spacial score (nSPS) is 15.9. The second kappa shape index (κ2) is 10.2. The third-order valence-corrected chi connectivity index (χ3v) is 5.61. The van der Waals surface area contributed by atoms with E-state index in [1.54, 1.807) is 32.9 Å². The lowest BCUT2D eigenvalue weighted by Crippen LogP contribution is -2.30. The molecule has 1 aliphatic rings. The van der Waals surface area contributed by atoms with E-state index in [1.165, 1.54) is 5.56 Å². The molecule has 1 unspecified atom stereocenters. The Labute approximate surface area is 181 Å². The molecule has 30 heavy (non-hydrogen) atoms. The number of carbonyl (C=O) groups excluding carboxylic acids is 1. The topological polar surface area (TPSA) is 69.2 Å². The summed E-state index contributed by atoms with van der Waals surface area (Å²) in [6.07, 6.45) is 0. The highest BCUT2D eigenvalue weighted by Gasteiger charge is 2.31. The van der Waals surface area contributed by atoms with Crippen molar-refractivity contribution in [2.24, 2.45) is 4.99 Å². The van der Waals surface area contributed by atoms with E-state index in [1.807, 2.05) is 43.3 Å². The minimum absolute atomic E-state index is 0.299. The summed E-state index contributed by atoms with van der Waals surface area (Å²) in [5.74, 6) is 1.60. The van der Waals surface area contributed by atoms with Gasteiger partial charge in [0.2, 0.25) is 0 Å². The first-order valence-electron chi connectivity index (χ1n) is 9.68. The molecule has 1 aliphatic heterocycles. The van der Waals surface area contributed by atoms with Crippen LogP contribution in [-0.2, 0) is 15.3 Å². The average molecular weight is 427 g/mol. The molecule has 7 heteroatoms. The van der Waals surface area contributed by atoms with Gasteiger partial charge >= 0.3 is 5.97 Å². The number of rotatable bonds is 7. The first-order chi connectivity index (χ1) is 14.6. The summed E-state index contributed by atoms with van der Waals surface area (Å²) in [5, 5.41) is 4.02. The van der Waals surface area contributed by atoms with Crippen molar-refractivity contribution in [3.05, 3.63) is 70.9 Å². The fourth-order valence-electron chi connectivity index (χ4n) is 3.18. The molecule has 0 aromatic heterocycles. The number of nitrogens with one attached hydrogen (secondary N) is 1. The molecule has 2 aromatic rings. The van der Waals surface area contributed by atoms with Gasteiger partial charge in [0, 0.05) is 11.4 Å². The number of esters is 1. The molecule has 0 amide bonds. The summed E-state index contributed by atoms with van der Waals surface area (Å²) in [4.78, 5) is 17.6. The zero-order valence-electron chi connectivity index (χ0n) is 17.6. The summed E-state index contributed by atoms with van der Waals surface area (Å²) in [5.41, 5.74) is 3.26. The Kier molecular flexibility index (Phi) is 7.41. The number of ether oxygens (including phenoxy) is 3.